The van der Waals surface area contributed by atoms with Gasteiger partial charge in [-0.05, 0) is 42.0 Å². The molecule has 0 aliphatic heterocycles. The van der Waals surface area contributed by atoms with Crippen LogP contribution in [0.1, 0.15) is 21.6 Å². The highest BCUT2D eigenvalue weighted by molar-refractivity contribution is 5.96. The van der Waals surface area contributed by atoms with E-state index in [9.17, 15) is 18.0 Å². The van der Waals surface area contributed by atoms with Crippen molar-refractivity contribution in [1.29, 1.82) is 0 Å². The van der Waals surface area contributed by atoms with E-state index in [1.165, 1.54) is 18.3 Å². The van der Waals surface area contributed by atoms with E-state index in [-0.39, 0.29) is 5.69 Å². The lowest BCUT2D eigenvalue weighted by Gasteiger charge is -2.12. The van der Waals surface area contributed by atoms with Crippen molar-refractivity contribution in [3.8, 4) is 17.2 Å². The summed E-state index contributed by atoms with van der Waals surface area (Å²) in [6.45, 7) is 0. The third-order valence-corrected chi connectivity index (χ3v) is 4.50. The SMILES string of the molecule is O=C(NN=Cc1cccc(Oc2ccccc2)c1)c1cnn(-c2ccccc2)c1C(F)(F)F. The Balaban J connectivity index is 1.50. The maximum absolute atomic E-state index is 13.7. The number of ether oxygens (including phenoxy) is 1. The third-order valence-electron chi connectivity index (χ3n) is 4.50. The van der Waals surface area contributed by atoms with Crippen molar-refractivity contribution in [3.63, 3.8) is 0 Å². The highest BCUT2D eigenvalue weighted by Crippen LogP contribution is 2.33. The minimum absolute atomic E-state index is 0.183. The van der Waals surface area contributed by atoms with Gasteiger partial charge in [-0.15, -0.1) is 0 Å². The summed E-state index contributed by atoms with van der Waals surface area (Å²) in [4.78, 5) is 12.5. The molecule has 3 aromatic carbocycles. The zero-order valence-electron chi connectivity index (χ0n) is 17.0. The number of para-hydroxylation sites is 2. The molecule has 0 bridgehead atoms. The van der Waals surface area contributed by atoms with Gasteiger partial charge in [0.25, 0.3) is 5.91 Å². The number of nitrogens with zero attached hydrogens (tertiary/aromatic N) is 3. The molecule has 4 aromatic rings. The summed E-state index contributed by atoms with van der Waals surface area (Å²) in [5.74, 6) is 0.160. The van der Waals surface area contributed by atoms with Crippen molar-refractivity contribution in [1.82, 2.24) is 15.2 Å². The smallest absolute Gasteiger partial charge is 0.434 e. The standard InChI is InChI=1S/C24H17F3N4O2/c25-24(26,27)22-21(16-29-31(22)18-9-3-1-4-10-18)23(32)30-28-15-17-8-7-13-20(14-17)33-19-11-5-2-6-12-19/h1-16H,(H,30,32). The number of amides is 1. The first-order chi connectivity index (χ1) is 15.9. The summed E-state index contributed by atoms with van der Waals surface area (Å²) in [6, 6.07) is 23.8. The number of halogens is 3. The molecule has 0 fully saturated rings. The van der Waals surface area contributed by atoms with Crippen LogP contribution in [-0.4, -0.2) is 21.9 Å². The summed E-state index contributed by atoms with van der Waals surface area (Å²) < 4.78 is 47.5. The number of hydrazone groups is 1. The van der Waals surface area contributed by atoms with Crippen molar-refractivity contribution in [2.75, 3.05) is 0 Å². The third kappa shape index (κ3) is 5.27. The fourth-order valence-electron chi connectivity index (χ4n) is 3.06. The summed E-state index contributed by atoms with van der Waals surface area (Å²) in [5, 5.41) is 7.55. The summed E-state index contributed by atoms with van der Waals surface area (Å²) in [6.07, 6.45) is -2.62. The van der Waals surface area contributed by atoms with Gasteiger partial charge in [-0.3, -0.25) is 4.79 Å². The molecule has 9 heteroatoms. The first kappa shape index (κ1) is 21.8. The first-order valence-corrected chi connectivity index (χ1v) is 9.79. The zero-order chi connectivity index (χ0) is 23.3. The lowest BCUT2D eigenvalue weighted by atomic mass is 10.2. The number of carbonyl (C=O) groups is 1. The van der Waals surface area contributed by atoms with Gasteiger partial charge in [-0.1, -0.05) is 48.5 Å². The zero-order valence-corrected chi connectivity index (χ0v) is 17.0. The monoisotopic (exact) mass is 450 g/mol. The largest absolute Gasteiger partial charge is 0.457 e. The molecule has 1 heterocycles. The molecule has 6 nitrogen and oxygen atoms in total. The lowest BCUT2D eigenvalue weighted by molar-refractivity contribution is -0.143. The Morgan fingerprint density at radius 2 is 1.61 bits per heavy atom. The maximum atomic E-state index is 13.7. The number of nitrogens with one attached hydrogen (secondary N) is 1. The van der Waals surface area contributed by atoms with Gasteiger partial charge in [0, 0.05) is 0 Å². The molecule has 0 unspecified atom stereocenters. The summed E-state index contributed by atoms with van der Waals surface area (Å²) in [7, 11) is 0. The van der Waals surface area contributed by atoms with E-state index in [1.807, 2.05) is 18.2 Å². The molecule has 0 saturated heterocycles. The average molecular weight is 450 g/mol. The van der Waals surface area contributed by atoms with Crippen molar-refractivity contribution in [2.24, 2.45) is 5.10 Å². The molecule has 0 radical (unpaired) electrons. The second kappa shape index (κ2) is 9.39. The van der Waals surface area contributed by atoms with E-state index in [2.05, 4.69) is 15.6 Å². The number of alkyl halides is 3. The molecule has 0 spiro atoms. The summed E-state index contributed by atoms with van der Waals surface area (Å²) in [5.41, 5.74) is 1.08. The van der Waals surface area contributed by atoms with Crippen molar-refractivity contribution < 1.29 is 22.7 Å². The molecule has 1 N–H and O–H groups in total. The van der Waals surface area contributed by atoms with E-state index < -0.39 is 23.3 Å². The Bertz CT molecular complexity index is 1270. The van der Waals surface area contributed by atoms with Gasteiger partial charge in [0.05, 0.1) is 23.7 Å². The molecule has 1 amide bonds. The highest BCUT2D eigenvalue weighted by Gasteiger charge is 2.40. The van der Waals surface area contributed by atoms with Crippen LogP contribution in [-0.2, 0) is 6.18 Å². The molecular formula is C24H17F3N4O2. The second-order valence-electron chi connectivity index (χ2n) is 6.84. The fraction of sp³-hybridized carbons (Fsp3) is 0.0417. The number of rotatable bonds is 6. The Hall–Kier alpha value is -4.40. The van der Waals surface area contributed by atoms with E-state index in [1.54, 1.807) is 54.6 Å². The number of benzene rings is 3. The van der Waals surface area contributed by atoms with Gasteiger partial charge in [-0.25, -0.2) is 10.1 Å². The Morgan fingerprint density at radius 3 is 2.30 bits per heavy atom. The Kier molecular flexibility index (Phi) is 6.21. The van der Waals surface area contributed by atoms with Crippen LogP contribution in [0.4, 0.5) is 13.2 Å². The van der Waals surface area contributed by atoms with Gasteiger partial charge in [-0.2, -0.15) is 23.4 Å². The van der Waals surface area contributed by atoms with Crippen LogP contribution < -0.4 is 10.2 Å². The van der Waals surface area contributed by atoms with E-state index in [0.717, 1.165) is 6.20 Å². The van der Waals surface area contributed by atoms with Crippen molar-refractivity contribution in [2.45, 2.75) is 6.18 Å². The second-order valence-corrected chi connectivity index (χ2v) is 6.84. The van der Waals surface area contributed by atoms with E-state index in [4.69, 9.17) is 4.74 Å². The molecule has 0 saturated carbocycles. The first-order valence-electron chi connectivity index (χ1n) is 9.79. The van der Waals surface area contributed by atoms with E-state index >= 15 is 0 Å². The number of hydrogen-bond donors (Lipinski definition) is 1. The van der Waals surface area contributed by atoms with Gasteiger partial charge in [0.15, 0.2) is 5.69 Å². The van der Waals surface area contributed by atoms with Gasteiger partial charge < -0.3 is 4.74 Å². The van der Waals surface area contributed by atoms with Crippen LogP contribution in [0.5, 0.6) is 11.5 Å². The molecule has 4 rings (SSSR count). The predicted octanol–water partition coefficient (Wildman–Crippen LogP) is 5.45. The van der Waals surface area contributed by atoms with Crippen LogP contribution in [0.2, 0.25) is 0 Å². The van der Waals surface area contributed by atoms with Crippen LogP contribution in [0, 0.1) is 0 Å². The van der Waals surface area contributed by atoms with Crippen LogP contribution in [0.25, 0.3) is 5.69 Å². The number of carbonyl (C=O) groups excluding carboxylic acids is 1. The Morgan fingerprint density at radius 1 is 0.939 bits per heavy atom. The Labute approximate surface area is 186 Å². The average Bonchev–Trinajstić information content (AvgIpc) is 3.27. The van der Waals surface area contributed by atoms with E-state index in [0.29, 0.717) is 21.7 Å². The minimum Gasteiger partial charge on any atom is -0.457 e. The minimum atomic E-state index is -4.80. The molecule has 1 aromatic heterocycles. The number of aromatic nitrogens is 2. The molecule has 166 valence electrons. The molecular weight excluding hydrogens is 433 g/mol. The molecule has 0 aliphatic carbocycles. The van der Waals surface area contributed by atoms with Crippen molar-refractivity contribution in [3.05, 3.63) is 108 Å². The van der Waals surface area contributed by atoms with Gasteiger partial charge in [0.1, 0.15) is 11.5 Å². The fourth-order valence-corrected chi connectivity index (χ4v) is 3.06. The van der Waals surface area contributed by atoms with Gasteiger partial charge >= 0.3 is 6.18 Å². The van der Waals surface area contributed by atoms with Gasteiger partial charge in [0.2, 0.25) is 0 Å². The lowest BCUT2D eigenvalue weighted by Crippen LogP contribution is -2.23. The molecule has 0 atom stereocenters. The topological polar surface area (TPSA) is 68.5 Å². The normalized spacial score (nSPS) is 11.5. The maximum Gasteiger partial charge on any atom is 0.434 e. The quantitative estimate of drug-likeness (QED) is 0.314. The van der Waals surface area contributed by atoms with Crippen LogP contribution >= 0.6 is 0 Å². The van der Waals surface area contributed by atoms with Crippen LogP contribution in [0.3, 0.4) is 0 Å². The van der Waals surface area contributed by atoms with Crippen LogP contribution in [0.15, 0.2) is 96.2 Å². The highest BCUT2D eigenvalue weighted by atomic mass is 19.4. The van der Waals surface area contributed by atoms with Crippen molar-refractivity contribution >= 4 is 12.1 Å². The predicted molar refractivity (Wildman–Crippen MR) is 117 cm³/mol. The molecule has 0 aliphatic rings. The number of hydrogen-bond acceptors (Lipinski definition) is 4. The summed E-state index contributed by atoms with van der Waals surface area (Å²) >= 11 is 0. The molecule has 33 heavy (non-hydrogen) atoms.